The molecule has 4 heteroatoms. The highest BCUT2D eigenvalue weighted by Gasteiger charge is 2.26. The number of hydrogen-bond donors (Lipinski definition) is 1. The number of rotatable bonds is 3. The first kappa shape index (κ1) is 17.0. The van der Waals surface area contributed by atoms with E-state index in [4.69, 9.17) is 5.73 Å². The molecule has 3 nitrogen and oxygen atoms in total. The van der Waals surface area contributed by atoms with Crippen LogP contribution in [0.5, 0.6) is 0 Å². The highest BCUT2D eigenvalue weighted by atomic mass is 35.5. The highest BCUT2D eigenvalue weighted by molar-refractivity contribution is 5.85. The fourth-order valence-electron chi connectivity index (χ4n) is 2.70. The second-order valence-electron chi connectivity index (χ2n) is 5.46. The van der Waals surface area contributed by atoms with Gasteiger partial charge in [-0.2, -0.15) is 0 Å². The molecule has 2 rings (SSSR count). The number of nitrogens with zero attached hydrogens (tertiary/aromatic N) is 1. The topological polar surface area (TPSA) is 46.3 Å². The molecule has 112 valence electrons. The van der Waals surface area contributed by atoms with Crippen LogP contribution in [0.2, 0.25) is 0 Å². The molecule has 0 saturated carbocycles. The van der Waals surface area contributed by atoms with Crippen LogP contribution >= 0.6 is 12.4 Å². The van der Waals surface area contributed by atoms with Crippen molar-refractivity contribution in [3.63, 3.8) is 0 Å². The lowest BCUT2D eigenvalue weighted by molar-refractivity contribution is -0.135. The van der Waals surface area contributed by atoms with Crippen LogP contribution < -0.4 is 5.73 Å². The first-order chi connectivity index (χ1) is 9.20. The summed E-state index contributed by atoms with van der Waals surface area (Å²) in [5.41, 5.74) is 7.28. The molecule has 1 aromatic rings. The Bertz CT molecular complexity index is 402. The van der Waals surface area contributed by atoms with Crippen molar-refractivity contribution in [3.8, 4) is 0 Å². The summed E-state index contributed by atoms with van der Waals surface area (Å²) in [5, 5.41) is 0. The third-order valence-corrected chi connectivity index (χ3v) is 4.03. The fraction of sp³-hybridized carbons (Fsp3) is 0.562. The number of halogens is 1. The van der Waals surface area contributed by atoms with E-state index in [2.05, 4.69) is 0 Å². The van der Waals surface area contributed by atoms with E-state index in [9.17, 15) is 4.79 Å². The van der Waals surface area contributed by atoms with Crippen molar-refractivity contribution in [1.29, 1.82) is 0 Å². The van der Waals surface area contributed by atoms with Gasteiger partial charge in [0, 0.05) is 19.1 Å². The van der Waals surface area contributed by atoms with Crippen molar-refractivity contribution in [2.24, 2.45) is 11.7 Å². The van der Waals surface area contributed by atoms with Crippen LogP contribution in [-0.2, 0) is 4.79 Å². The van der Waals surface area contributed by atoms with Gasteiger partial charge in [0.25, 0.3) is 0 Å². The molecular formula is C16H25ClN2O. The summed E-state index contributed by atoms with van der Waals surface area (Å²) >= 11 is 0. The zero-order valence-corrected chi connectivity index (χ0v) is 12.9. The van der Waals surface area contributed by atoms with Gasteiger partial charge in [-0.1, -0.05) is 50.1 Å². The van der Waals surface area contributed by atoms with Gasteiger partial charge < -0.3 is 10.6 Å². The number of likely N-dealkylation sites (tertiary alicyclic amines) is 1. The lowest BCUT2D eigenvalue weighted by Crippen LogP contribution is -2.39. The van der Waals surface area contributed by atoms with E-state index in [1.807, 2.05) is 42.2 Å². The monoisotopic (exact) mass is 296 g/mol. The second-order valence-corrected chi connectivity index (χ2v) is 5.46. The van der Waals surface area contributed by atoms with Gasteiger partial charge in [0.1, 0.15) is 0 Å². The fourth-order valence-corrected chi connectivity index (χ4v) is 2.70. The Labute approximate surface area is 127 Å². The van der Waals surface area contributed by atoms with Gasteiger partial charge >= 0.3 is 0 Å². The summed E-state index contributed by atoms with van der Waals surface area (Å²) in [5.74, 6) is 0.0544. The summed E-state index contributed by atoms with van der Waals surface area (Å²) in [6, 6.07) is 9.69. The van der Waals surface area contributed by atoms with Crippen LogP contribution in [0.15, 0.2) is 30.3 Å². The number of nitrogens with two attached hydrogens (primary N) is 1. The number of carbonyl (C=O) groups is 1. The van der Waals surface area contributed by atoms with Crippen LogP contribution in [0.3, 0.4) is 0 Å². The number of carbonyl (C=O) groups excluding carboxylic acids is 1. The van der Waals surface area contributed by atoms with Crippen LogP contribution in [-0.4, -0.2) is 23.9 Å². The molecular weight excluding hydrogens is 272 g/mol. The van der Waals surface area contributed by atoms with Crippen molar-refractivity contribution < 1.29 is 4.79 Å². The minimum atomic E-state index is -0.211. The Morgan fingerprint density at radius 1 is 1.10 bits per heavy atom. The van der Waals surface area contributed by atoms with Gasteiger partial charge in [-0.3, -0.25) is 4.79 Å². The summed E-state index contributed by atoms with van der Waals surface area (Å²) in [6.45, 7) is 3.74. The summed E-state index contributed by atoms with van der Waals surface area (Å²) in [4.78, 5) is 14.5. The second kappa shape index (κ2) is 8.28. The van der Waals surface area contributed by atoms with Gasteiger partial charge in [0.2, 0.25) is 5.91 Å². The Morgan fingerprint density at radius 2 is 1.65 bits per heavy atom. The first-order valence-electron chi connectivity index (χ1n) is 7.29. The molecule has 0 spiro atoms. The lowest BCUT2D eigenvalue weighted by Gasteiger charge is -2.27. The maximum Gasteiger partial charge on any atom is 0.227 e. The predicted octanol–water partition coefficient (Wildman–Crippen LogP) is 3.15. The number of benzene rings is 1. The van der Waals surface area contributed by atoms with E-state index in [0.29, 0.717) is 0 Å². The average molecular weight is 297 g/mol. The van der Waals surface area contributed by atoms with Gasteiger partial charge in [0.05, 0.1) is 5.92 Å². The molecule has 2 unspecified atom stereocenters. The standard InChI is InChI=1S/C16H24N2O.ClH/c1-13(15(17)14-9-5-4-6-10-14)16(19)18-11-7-2-3-8-12-18;/h4-6,9-10,13,15H,2-3,7-8,11-12,17H2,1H3;1H. The lowest BCUT2D eigenvalue weighted by atomic mass is 9.94. The van der Waals surface area contributed by atoms with Crippen LogP contribution in [0, 0.1) is 5.92 Å². The van der Waals surface area contributed by atoms with Gasteiger partial charge in [0.15, 0.2) is 0 Å². The Morgan fingerprint density at radius 3 is 2.20 bits per heavy atom. The first-order valence-corrected chi connectivity index (χ1v) is 7.29. The van der Waals surface area contributed by atoms with Gasteiger partial charge in [-0.05, 0) is 18.4 Å². The molecule has 0 aliphatic carbocycles. The maximum absolute atomic E-state index is 12.5. The van der Waals surface area contributed by atoms with E-state index >= 15 is 0 Å². The highest BCUT2D eigenvalue weighted by Crippen LogP contribution is 2.22. The van der Waals surface area contributed by atoms with Gasteiger partial charge in [-0.15, -0.1) is 12.4 Å². The van der Waals surface area contributed by atoms with Crippen molar-refractivity contribution in [2.45, 2.75) is 38.6 Å². The zero-order valence-electron chi connectivity index (χ0n) is 12.1. The summed E-state index contributed by atoms with van der Waals surface area (Å²) in [6.07, 6.45) is 4.73. The molecule has 1 saturated heterocycles. The van der Waals surface area contributed by atoms with Crippen molar-refractivity contribution in [3.05, 3.63) is 35.9 Å². The largest absolute Gasteiger partial charge is 0.342 e. The number of hydrogen-bond acceptors (Lipinski definition) is 2. The molecule has 1 amide bonds. The summed E-state index contributed by atoms with van der Waals surface area (Å²) < 4.78 is 0. The van der Waals surface area contributed by atoms with Crippen molar-refractivity contribution >= 4 is 18.3 Å². The molecule has 2 N–H and O–H groups in total. The Kier molecular flexibility index (Phi) is 7.03. The Hall–Kier alpha value is -1.06. The van der Waals surface area contributed by atoms with Crippen molar-refractivity contribution in [1.82, 2.24) is 4.90 Å². The van der Waals surface area contributed by atoms with E-state index in [1.165, 1.54) is 12.8 Å². The molecule has 1 aliphatic heterocycles. The SMILES string of the molecule is CC(C(=O)N1CCCCCC1)C(N)c1ccccc1.Cl. The van der Waals surface area contributed by atoms with E-state index in [-0.39, 0.29) is 30.3 Å². The predicted molar refractivity (Wildman–Crippen MR) is 84.8 cm³/mol. The zero-order chi connectivity index (χ0) is 13.7. The van der Waals surface area contributed by atoms with Crippen LogP contribution in [0.4, 0.5) is 0 Å². The Balaban J connectivity index is 0.00000200. The van der Waals surface area contributed by atoms with E-state index in [1.54, 1.807) is 0 Å². The third kappa shape index (κ3) is 4.22. The van der Waals surface area contributed by atoms with Crippen LogP contribution in [0.1, 0.15) is 44.2 Å². The quantitative estimate of drug-likeness (QED) is 0.931. The molecule has 2 atom stereocenters. The van der Waals surface area contributed by atoms with Gasteiger partial charge in [-0.25, -0.2) is 0 Å². The average Bonchev–Trinajstić information content (AvgIpc) is 2.75. The molecule has 0 radical (unpaired) electrons. The molecule has 0 aromatic heterocycles. The molecule has 1 fully saturated rings. The normalized spacial score (nSPS) is 18.6. The third-order valence-electron chi connectivity index (χ3n) is 4.03. The molecule has 1 aromatic carbocycles. The molecule has 20 heavy (non-hydrogen) atoms. The minimum Gasteiger partial charge on any atom is -0.342 e. The maximum atomic E-state index is 12.5. The minimum absolute atomic E-state index is 0. The van der Waals surface area contributed by atoms with Crippen molar-refractivity contribution in [2.75, 3.05) is 13.1 Å². The summed E-state index contributed by atoms with van der Waals surface area (Å²) in [7, 11) is 0. The number of amides is 1. The van der Waals surface area contributed by atoms with E-state index < -0.39 is 0 Å². The van der Waals surface area contributed by atoms with Crippen LogP contribution in [0.25, 0.3) is 0 Å². The molecule has 1 aliphatic rings. The molecule has 1 heterocycles. The van der Waals surface area contributed by atoms with E-state index in [0.717, 1.165) is 31.5 Å². The molecule has 0 bridgehead atoms. The smallest absolute Gasteiger partial charge is 0.227 e.